The van der Waals surface area contributed by atoms with Gasteiger partial charge in [0.2, 0.25) is 11.8 Å². The van der Waals surface area contributed by atoms with Crippen LogP contribution in [0, 0.1) is 6.92 Å². The maximum Gasteiger partial charge on any atom is 0.264 e. The molecule has 1 unspecified atom stereocenters. The average Bonchev–Trinajstić information content (AvgIpc) is 2.86. The van der Waals surface area contributed by atoms with Crippen LogP contribution in [0.2, 0.25) is 10.0 Å². The molecular formula is C27H29Cl2N3O4S. The molecule has 0 saturated heterocycles. The number of sulfonamides is 1. The summed E-state index contributed by atoms with van der Waals surface area (Å²) in [6.45, 7) is 5.32. The Bertz CT molecular complexity index is 1360. The number of nitrogens with one attached hydrogen (secondary N) is 1. The van der Waals surface area contributed by atoms with E-state index in [4.69, 9.17) is 23.2 Å². The number of anilines is 1. The van der Waals surface area contributed by atoms with E-state index < -0.39 is 28.5 Å². The minimum Gasteiger partial charge on any atom is -0.355 e. The van der Waals surface area contributed by atoms with E-state index in [0.29, 0.717) is 16.6 Å². The van der Waals surface area contributed by atoms with Crippen molar-refractivity contribution < 1.29 is 18.0 Å². The number of benzene rings is 3. The van der Waals surface area contributed by atoms with Crippen molar-refractivity contribution in [3.05, 3.63) is 94.0 Å². The Morgan fingerprint density at radius 1 is 0.946 bits per heavy atom. The lowest BCUT2D eigenvalue weighted by Gasteiger charge is -2.32. The van der Waals surface area contributed by atoms with Crippen molar-refractivity contribution in [2.24, 2.45) is 0 Å². The second kappa shape index (κ2) is 12.4. The topological polar surface area (TPSA) is 86.8 Å². The summed E-state index contributed by atoms with van der Waals surface area (Å²) < 4.78 is 28.4. The zero-order valence-corrected chi connectivity index (χ0v) is 23.1. The first-order chi connectivity index (χ1) is 17.5. The fourth-order valence-electron chi connectivity index (χ4n) is 3.77. The fraction of sp³-hybridized carbons (Fsp3) is 0.259. The minimum atomic E-state index is -4.19. The summed E-state index contributed by atoms with van der Waals surface area (Å²) in [4.78, 5) is 27.9. The van der Waals surface area contributed by atoms with Crippen molar-refractivity contribution in [3.8, 4) is 0 Å². The van der Waals surface area contributed by atoms with E-state index in [1.807, 2.05) is 31.2 Å². The number of amides is 2. The van der Waals surface area contributed by atoms with Crippen molar-refractivity contribution in [1.82, 2.24) is 10.2 Å². The van der Waals surface area contributed by atoms with E-state index in [2.05, 4.69) is 5.32 Å². The molecule has 10 heteroatoms. The predicted molar refractivity (Wildman–Crippen MR) is 147 cm³/mol. The van der Waals surface area contributed by atoms with Gasteiger partial charge in [0.15, 0.2) is 0 Å². The van der Waals surface area contributed by atoms with Gasteiger partial charge in [-0.25, -0.2) is 8.42 Å². The fourth-order valence-corrected chi connectivity index (χ4v) is 5.49. The molecule has 37 heavy (non-hydrogen) atoms. The van der Waals surface area contributed by atoms with Gasteiger partial charge in [0.05, 0.1) is 10.6 Å². The Balaban J connectivity index is 2.04. The molecule has 7 nitrogen and oxygen atoms in total. The molecule has 0 bridgehead atoms. The van der Waals surface area contributed by atoms with Crippen LogP contribution in [0.15, 0.2) is 77.7 Å². The SMILES string of the molecule is CCNC(=O)C(C)N(Cc1ccccc1C)C(=O)CN(c1cccc(Cl)c1)S(=O)(=O)c1ccc(Cl)cc1. The van der Waals surface area contributed by atoms with Crippen LogP contribution in [0.4, 0.5) is 5.69 Å². The van der Waals surface area contributed by atoms with Gasteiger partial charge < -0.3 is 10.2 Å². The van der Waals surface area contributed by atoms with Crippen molar-refractivity contribution in [2.45, 2.75) is 38.3 Å². The van der Waals surface area contributed by atoms with E-state index in [1.165, 1.54) is 35.2 Å². The molecule has 3 aromatic carbocycles. The largest absolute Gasteiger partial charge is 0.355 e. The van der Waals surface area contributed by atoms with Crippen LogP contribution in [-0.2, 0) is 26.2 Å². The standard InChI is InChI=1S/C27H29Cl2N3O4S/c1-4-30-27(34)20(3)31(17-21-9-6-5-8-19(21)2)26(33)18-32(24-11-7-10-23(29)16-24)37(35,36)25-14-12-22(28)13-15-25/h5-16,20H,4,17-18H2,1-3H3,(H,30,34). The molecule has 3 aromatic rings. The van der Waals surface area contributed by atoms with Gasteiger partial charge in [-0.15, -0.1) is 0 Å². The third-order valence-corrected chi connectivity index (χ3v) is 8.17. The van der Waals surface area contributed by atoms with E-state index in [0.717, 1.165) is 15.4 Å². The second-order valence-electron chi connectivity index (χ2n) is 8.46. The Morgan fingerprint density at radius 3 is 2.24 bits per heavy atom. The Hall–Kier alpha value is -3.07. The minimum absolute atomic E-state index is 0.0353. The Labute approximate surface area is 228 Å². The van der Waals surface area contributed by atoms with Gasteiger partial charge in [-0.1, -0.05) is 53.5 Å². The molecule has 1 atom stereocenters. The number of halogens is 2. The van der Waals surface area contributed by atoms with E-state index in [9.17, 15) is 18.0 Å². The highest BCUT2D eigenvalue weighted by Gasteiger charge is 2.32. The third kappa shape index (κ3) is 7.03. The highest BCUT2D eigenvalue weighted by molar-refractivity contribution is 7.92. The number of nitrogens with zero attached hydrogens (tertiary/aromatic N) is 2. The lowest BCUT2D eigenvalue weighted by molar-refractivity contribution is -0.139. The lowest BCUT2D eigenvalue weighted by Crippen LogP contribution is -2.51. The van der Waals surface area contributed by atoms with Gasteiger partial charge in [-0.2, -0.15) is 0 Å². The van der Waals surface area contributed by atoms with Crippen LogP contribution >= 0.6 is 23.2 Å². The second-order valence-corrected chi connectivity index (χ2v) is 11.2. The summed E-state index contributed by atoms with van der Waals surface area (Å²) in [7, 11) is -4.19. The van der Waals surface area contributed by atoms with Gasteiger partial charge in [-0.05, 0) is 74.4 Å². The molecule has 1 N–H and O–H groups in total. The Morgan fingerprint density at radius 2 is 1.62 bits per heavy atom. The van der Waals surface area contributed by atoms with Gasteiger partial charge in [0.25, 0.3) is 10.0 Å². The van der Waals surface area contributed by atoms with Crippen molar-refractivity contribution in [3.63, 3.8) is 0 Å². The molecule has 0 saturated carbocycles. The number of aryl methyl sites for hydroxylation is 1. The number of rotatable bonds is 10. The van der Waals surface area contributed by atoms with Gasteiger partial charge in [0.1, 0.15) is 12.6 Å². The number of hydrogen-bond donors (Lipinski definition) is 1. The summed E-state index contributed by atoms with van der Waals surface area (Å²) >= 11 is 12.1. The molecule has 0 heterocycles. The summed E-state index contributed by atoms with van der Waals surface area (Å²) in [6, 6.07) is 18.6. The molecule has 0 aliphatic heterocycles. The molecule has 196 valence electrons. The number of carbonyl (C=O) groups is 2. The summed E-state index contributed by atoms with van der Waals surface area (Å²) in [5.41, 5.74) is 2.02. The van der Waals surface area contributed by atoms with Crippen LogP contribution in [0.1, 0.15) is 25.0 Å². The molecule has 3 rings (SSSR count). The number of carbonyl (C=O) groups excluding carboxylic acids is 2. The number of likely N-dealkylation sites (N-methyl/N-ethyl adjacent to an activating group) is 1. The van der Waals surface area contributed by atoms with Crippen LogP contribution in [0.3, 0.4) is 0 Å². The van der Waals surface area contributed by atoms with Crippen LogP contribution in [0.5, 0.6) is 0 Å². The zero-order chi connectivity index (χ0) is 27.2. The first-order valence-electron chi connectivity index (χ1n) is 11.7. The normalized spacial score (nSPS) is 12.0. The maximum atomic E-state index is 13.8. The van der Waals surface area contributed by atoms with Gasteiger partial charge in [0, 0.05) is 23.1 Å². The van der Waals surface area contributed by atoms with E-state index in [-0.39, 0.29) is 23.0 Å². The average molecular weight is 563 g/mol. The summed E-state index contributed by atoms with van der Waals surface area (Å²) in [5, 5.41) is 3.43. The van der Waals surface area contributed by atoms with Gasteiger partial charge in [-0.3, -0.25) is 13.9 Å². The first-order valence-corrected chi connectivity index (χ1v) is 13.9. The molecular weight excluding hydrogens is 533 g/mol. The quantitative estimate of drug-likeness (QED) is 0.375. The molecule has 2 amide bonds. The molecule has 0 fully saturated rings. The van der Waals surface area contributed by atoms with Gasteiger partial charge >= 0.3 is 0 Å². The molecule has 0 aliphatic carbocycles. The van der Waals surface area contributed by atoms with Crippen molar-refractivity contribution in [2.75, 3.05) is 17.4 Å². The highest BCUT2D eigenvalue weighted by Crippen LogP contribution is 2.27. The highest BCUT2D eigenvalue weighted by atomic mass is 35.5. The molecule has 0 aromatic heterocycles. The first kappa shape index (κ1) is 28.5. The van der Waals surface area contributed by atoms with E-state index >= 15 is 0 Å². The predicted octanol–water partition coefficient (Wildman–Crippen LogP) is 5.05. The lowest BCUT2D eigenvalue weighted by atomic mass is 10.1. The third-order valence-electron chi connectivity index (χ3n) is 5.90. The van der Waals surface area contributed by atoms with Crippen molar-refractivity contribution in [1.29, 1.82) is 0 Å². The smallest absolute Gasteiger partial charge is 0.264 e. The Kier molecular flexibility index (Phi) is 9.59. The molecule has 0 radical (unpaired) electrons. The summed E-state index contributed by atoms with van der Waals surface area (Å²) in [5.74, 6) is -0.876. The van der Waals surface area contributed by atoms with Crippen LogP contribution in [0.25, 0.3) is 0 Å². The monoisotopic (exact) mass is 561 g/mol. The van der Waals surface area contributed by atoms with Crippen molar-refractivity contribution >= 4 is 50.7 Å². The summed E-state index contributed by atoms with van der Waals surface area (Å²) in [6.07, 6.45) is 0. The maximum absolute atomic E-state index is 13.8. The van der Waals surface area contributed by atoms with Crippen LogP contribution < -0.4 is 9.62 Å². The van der Waals surface area contributed by atoms with E-state index in [1.54, 1.807) is 32.0 Å². The molecule has 0 spiro atoms. The van der Waals surface area contributed by atoms with Crippen LogP contribution in [-0.4, -0.2) is 44.3 Å². The number of hydrogen-bond acceptors (Lipinski definition) is 4. The molecule has 0 aliphatic rings. The zero-order valence-electron chi connectivity index (χ0n) is 20.8.